The zero-order valence-electron chi connectivity index (χ0n) is 16.2. The van der Waals surface area contributed by atoms with Crippen LogP contribution in [0.25, 0.3) is 0 Å². The third kappa shape index (κ3) is 3.57. The number of benzene rings is 2. The highest BCUT2D eigenvalue weighted by Gasteiger charge is 2.30. The van der Waals surface area contributed by atoms with Crippen molar-refractivity contribution in [3.8, 4) is 0 Å². The third-order valence-electron chi connectivity index (χ3n) is 5.74. The number of amides is 1. The van der Waals surface area contributed by atoms with Crippen molar-refractivity contribution < 1.29 is 9.18 Å². The predicted molar refractivity (Wildman–Crippen MR) is 106 cm³/mol. The highest BCUT2D eigenvalue weighted by atomic mass is 19.1. The second-order valence-corrected chi connectivity index (χ2v) is 7.46. The second kappa shape index (κ2) is 7.58. The maximum absolute atomic E-state index is 13.1. The number of aromatic nitrogens is 2. The predicted octanol–water partition coefficient (Wildman–Crippen LogP) is 3.97. The molecule has 0 aliphatic carbocycles. The summed E-state index contributed by atoms with van der Waals surface area (Å²) in [5, 5.41) is 4.40. The van der Waals surface area contributed by atoms with Crippen LogP contribution in [0.2, 0.25) is 0 Å². The molecule has 0 saturated carbocycles. The van der Waals surface area contributed by atoms with Gasteiger partial charge in [0, 0.05) is 43.7 Å². The summed E-state index contributed by atoms with van der Waals surface area (Å²) < 4.78 is 15.0. The molecular formula is C23H24FN3O. The molecule has 1 aliphatic heterocycles. The minimum Gasteiger partial charge on any atom is -0.337 e. The number of fused-ring (bicyclic) bond motifs is 1. The van der Waals surface area contributed by atoms with Gasteiger partial charge in [-0.2, -0.15) is 5.10 Å². The van der Waals surface area contributed by atoms with E-state index in [9.17, 15) is 9.18 Å². The van der Waals surface area contributed by atoms with Gasteiger partial charge in [-0.15, -0.1) is 0 Å². The van der Waals surface area contributed by atoms with Crippen molar-refractivity contribution >= 4 is 5.91 Å². The molecule has 1 aromatic heterocycles. The fraction of sp³-hybridized carbons (Fsp3) is 0.304. The molecule has 3 aromatic rings. The van der Waals surface area contributed by atoms with Gasteiger partial charge in [0.1, 0.15) is 5.82 Å². The van der Waals surface area contributed by atoms with Crippen LogP contribution < -0.4 is 0 Å². The number of carbonyl (C=O) groups is 1. The first-order chi connectivity index (χ1) is 13.5. The lowest BCUT2D eigenvalue weighted by atomic mass is 9.84. The molecule has 0 radical (unpaired) electrons. The van der Waals surface area contributed by atoms with Crippen molar-refractivity contribution in [1.82, 2.24) is 14.7 Å². The Hall–Kier alpha value is -2.95. The molecule has 144 valence electrons. The molecule has 0 spiro atoms. The Balaban J connectivity index is 1.55. The number of nitrogens with zero attached hydrogens (tertiary/aromatic N) is 3. The average Bonchev–Trinajstić information content (AvgIpc) is 3.05. The first-order valence-electron chi connectivity index (χ1n) is 9.61. The van der Waals surface area contributed by atoms with Gasteiger partial charge in [0.15, 0.2) is 0 Å². The fourth-order valence-electron chi connectivity index (χ4n) is 3.98. The van der Waals surface area contributed by atoms with Crippen LogP contribution in [0.4, 0.5) is 4.39 Å². The highest BCUT2D eigenvalue weighted by Crippen LogP contribution is 2.35. The van der Waals surface area contributed by atoms with Crippen LogP contribution in [0.1, 0.15) is 40.3 Å². The SMILES string of the molecule is Cc1c(C2CN(C(=O)CCc3ccc(F)cc3)Cc3ccccc32)cnn1C. The highest BCUT2D eigenvalue weighted by molar-refractivity contribution is 5.77. The molecule has 0 saturated heterocycles. The Kier molecular flexibility index (Phi) is 4.99. The Morgan fingerprint density at radius 1 is 1.14 bits per heavy atom. The van der Waals surface area contributed by atoms with Crippen LogP contribution in [-0.4, -0.2) is 27.1 Å². The summed E-state index contributed by atoms with van der Waals surface area (Å²) >= 11 is 0. The number of hydrogen-bond donors (Lipinski definition) is 0. The van der Waals surface area contributed by atoms with Crippen molar-refractivity contribution in [3.63, 3.8) is 0 Å². The molecule has 4 rings (SSSR count). The molecule has 1 amide bonds. The summed E-state index contributed by atoms with van der Waals surface area (Å²) in [6.45, 7) is 3.36. The molecule has 1 atom stereocenters. The largest absolute Gasteiger partial charge is 0.337 e. The van der Waals surface area contributed by atoms with Crippen molar-refractivity contribution in [2.24, 2.45) is 7.05 Å². The van der Waals surface area contributed by atoms with Crippen molar-refractivity contribution in [3.05, 3.63) is 88.5 Å². The summed E-state index contributed by atoms with van der Waals surface area (Å²) in [5.74, 6) is 0.0104. The van der Waals surface area contributed by atoms with Crippen LogP contribution in [0.3, 0.4) is 0 Å². The van der Waals surface area contributed by atoms with Crippen molar-refractivity contribution in [2.45, 2.75) is 32.2 Å². The van der Waals surface area contributed by atoms with Gasteiger partial charge in [0.05, 0.1) is 6.20 Å². The van der Waals surface area contributed by atoms with Gasteiger partial charge < -0.3 is 4.90 Å². The molecule has 0 fully saturated rings. The summed E-state index contributed by atoms with van der Waals surface area (Å²) in [5.41, 5.74) is 5.75. The van der Waals surface area contributed by atoms with E-state index in [2.05, 4.69) is 30.2 Å². The second-order valence-electron chi connectivity index (χ2n) is 7.46. The van der Waals surface area contributed by atoms with Crippen LogP contribution in [0.5, 0.6) is 0 Å². The van der Waals surface area contributed by atoms with E-state index in [0.717, 1.165) is 11.3 Å². The van der Waals surface area contributed by atoms with E-state index < -0.39 is 0 Å². The van der Waals surface area contributed by atoms with Gasteiger partial charge in [0.2, 0.25) is 5.91 Å². The molecule has 2 aromatic carbocycles. The number of rotatable bonds is 4. The fourth-order valence-corrected chi connectivity index (χ4v) is 3.98. The summed E-state index contributed by atoms with van der Waals surface area (Å²) in [6.07, 6.45) is 2.96. The van der Waals surface area contributed by atoms with Gasteiger partial charge in [-0.1, -0.05) is 36.4 Å². The van der Waals surface area contributed by atoms with Gasteiger partial charge in [-0.25, -0.2) is 4.39 Å². The number of hydrogen-bond acceptors (Lipinski definition) is 2. The monoisotopic (exact) mass is 377 g/mol. The van der Waals surface area contributed by atoms with Gasteiger partial charge >= 0.3 is 0 Å². The average molecular weight is 377 g/mol. The van der Waals surface area contributed by atoms with E-state index in [4.69, 9.17) is 0 Å². The molecule has 28 heavy (non-hydrogen) atoms. The maximum Gasteiger partial charge on any atom is 0.223 e. The van der Waals surface area contributed by atoms with Crippen LogP contribution in [-0.2, 0) is 24.8 Å². The lowest BCUT2D eigenvalue weighted by molar-refractivity contribution is -0.132. The quantitative estimate of drug-likeness (QED) is 0.690. The number of halogens is 1. The zero-order valence-corrected chi connectivity index (χ0v) is 16.2. The van der Waals surface area contributed by atoms with E-state index in [1.807, 2.05) is 28.9 Å². The van der Waals surface area contributed by atoms with E-state index in [1.54, 1.807) is 12.1 Å². The van der Waals surface area contributed by atoms with E-state index in [-0.39, 0.29) is 17.6 Å². The molecular weight excluding hydrogens is 353 g/mol. The maximum atomic E-state index is 13.1. The lowest BCUT2D eigenvalue weighted by Gasteiger charge is -2.35. The Bertz CT molecular complexity index is 993. The van der Waals surface area contributed by atoms with Crippen molar-refractivity contribution in [2.75, 3.05) is 6.54 Å². The standard InChI is InChI=1S/C23H24FN3O/c1-16-21(13-25-26(16)2)22-15-27(14-18-5-3-4-6-20(18)22)23(28)12-9-17-7-10-19(24)11-8-17/h3-8,10-11,13,22H,9,12,14-15H2,1-2H3. The minimum atomic E-state index is -0.252. The molecule has 1 unspecified atom stereocenters. The molecule has 5 heteroatoms. The first-order valence-corrected chi connectivity index (χ1v) is 9.61. The number of aryl methyl sites for hydroxylation is 2. The first kappa shape index (κ1) is 18.4. The zero-order chi connectivity index (χ0) is 19.7. The molecule has 0 N–H and O–H groups in total. The minimum absolute atomic E-state index is 0.130. The Morgan fingerprint density at radius 3 is 2.61 bits per heavy atom. The number of carbonyl (C=O) groups excluding carboxylic acids is 1. The molecule has 4 nitrogen and oxygen atoms in total. The van der Waals surface area contributed by atoms with Crippen LogP contribution >= 0.6 is 0 Å². The van der Waals surface area contributed by atoms with Gasteiger partial charge in [-0.3, -0.25) is 9.48 Å². The normalized spacial score (nSPS) is 16.1. The Labute approximate surface area is 164 Å². The van der Waals surface area contributed by atoms with Gasteiger partial charge in [0.25, 0.3) is 0 Å². The smallest absolute Gasteiger partial charge is 0.223 e. The summed E-state index contributed by atoms with van der Waals surface area (Å²) in [4.78, 5) is 14.9. The van der Waals surface area contributed by atoms with E-state index >= 15 is 0 Å². The molecule has 1 aliphatic rings. The Morgan fingerprint density at radius 2 is 1.89 bits per heavy atom. The summed E-state index contributed by atoms with van der Waals surface area (Å²) in [7, 11) is 1.94. The third-order valence-corrected chi connectivity index (χ3v) is 5.74. The van der Waals surface area contributed by atoms with Gasteiger partial charge in [-0.05, 0) is 42.2 Å². The molecule has 0 bridgehead atoms. The van der Waals surface area contributed by atoms with Crippen LogP contribution in [0.15, 0.2) is 54.7 Å². The topological polar surface area (TPSA) is 38.1 Å². The molecule has 2 heterocycles. The summed E-state index contributed by atoms with van der Waals surface area (Å²) in [6, 6.07) is 14.7. The van der Waals surface area contributed by atoms with Crippen LogP contribution in [0, 0.1) is 12.7 Å². The lowest BCUT2D eigenvalue weighted by Crippen LogP contribution is -2.38. The van der Waals surface area contributed by atoms with E-state index in [1.165, 1.54) is 28.8 Å². The van der Waals surface area contributed by atoms with E-state index in [0.29, 0.717) is 25.9 Å². The van der Waals surface area contributed by atoms with Crippen molar-refractivity contribution in [1.29, 1.82) is 0 Å².